The summed E-state index contributed by atoms with van der Waals surface area (Å²) in [5.74, 6) is 0. The number of halogens is 2. The van der Waals surface area contributed by atoms with Crippen molar-refractivity contribution in [3.8, 4) is 0 Å². The lowest BCUT2D eigenvalue weighted by atomic mass is 10.2. The average molecular weight is 319 g/mol. The molecule has 0 N–H and O–H groups in total. The molecular weight excluding hydrogens is 310 g/mol. The number of hydrogen-bond acceptors (Lipinski definition) is 1. The van der Waals surface area contributed by atoms with Gasteiger partial charge in [0, 0.05) is 17.4 Å². The molecule has 2 nitrogen and oxygen atoms in total. The van der Waals surface area contributed by atoms with Gasteiger partial charge in [-0.15, -0.1) is 0 Å². The molecule has 0 unspecified atom stereocenters. The lowest BCUT2D eigenvalue weighted by molar-refractivity contribution is 0.772. The van der Waals surface area contributed by atoms with Crippen molar-refractivity contribution in [3.05, 3.63) is 51.1 Å². The molecule has 0 radical (unpaired) electrons. The minimum Gasteiger partial charge on any atom is -0.322 e. The van der Waals surface area contributed by atoms with E-state index in [1.165, 1.54) is 0 Å². The Balaban J connectivity index is 2.28. The summed E-state index contributed by atoms with van der Waals surface area (Å²) in [6, 6.07) is 7.86. The van der Waals surface area contributed by atoms with Gasteiger partial charge < -0.3 is 4.57 Å². The summed E-state index contributed by atoms with van der Waals surface area (Å²) in [6.45, 7) is 0.776. The molecule has 2 aromatic rings. The number of rotatable bonds is 2. The van der Waals surface area contributed by atoms with E-state index < -0.39 is 0 Å². The van der Waals surface area contributed by atoms with Crippen LogP contribution in [0.5, 0.6) is 0 Å². The quantitative estimate of drug-likeness (QED) is 0.778. The van der Waals surface area contributed by atoms with Gasteiger partial charge >= 0.3 is 0 Å². The van der Waals surface area contributed by atoms with Crippen molar-refractivity contribution >= 4 is 34.2 Å². The fraction of sp³-hybridized carbons (Fsp3) is 0.100. The van der Waals surface area contributed by atoms with Gasteiger partial charge in [0.15, 0.2) is 3.83 Å². The fourth-order valence-electron chi connectivity index (χ4n) is 1.24. The number of aromatic nitrogens is 2. The number of hydrogen-bond donors (Lipinski definition) is 0. The van der Waals surface area contributed by atoms with Gasteiger partial charge in [0.2, 0.25) is 0 Å². The van der Waals surface area contributed by atoms with Crippen molar-refractivity contribution in [1.29, 1.82) is 0 Å². The first-order valence-electron chi connectivity index (χ1n) is 4.17. The largest absolute Gasteiger partial charge is 0.322 e. The van der Waals surface area contributed by atoms with Crippen LogP contribution in [-0.4, -0.2) is 9.55 Å². The maximum Gasteiger partial charge on any atom is 0.171 e. The highest BCUT2D eigenvalue weighted by Crippen LogP contribution is 2.17. The molecule has 0 aliphatic carbocycles. The summed E-state index contributed by atoms with van der Waals surface area (Å²) >= 11 is 8.26. The van der Waals surface area contributed by atoms with Gasteiger partial charge in [-0.1, -0.05) is 29.8 Å². The van der Waals surface area contributed by atoms with E-state index in [1.54, 1.807) is 6.20 Å². The van der Waals surface area contributed by atoms with Gasteiger partial charge in [-0.3, -0.25) is 0 Å². The normalized spacial score (nSPS) is 10.4. The fourth-order valence-corrected chi connectivity index (χ4v) is 1.93. The monoisotopic (exact) mass is 318 g/mol. The Labute approximate surface area is 101 Å². The Morgan fingerprint density at radius 1 is 1.36 bits per heavy atom. The van der Waals surface area contributed by atoms with Gasteiger partial charge in [-0.2, -0.15) is 0 Å². The van der Waals surface area contributed by atoms with Crippen molar-refractivity contribution in [2.45, 2.75) is 6.54 Å². The van der Waals surface area contributed by atoms with Crippen molar-refractivity contribution in [2.24, 2.45) is 0 Å². The molecule has 72 valence electrons. The number of nitrogens with zero attached hydrogens (tertiary/aromatic N) is 2. The molecule has 4 heteroatoms. The van der Waals surface area contributed by atoms with Crippen molar-refractivity contribution in [1.82, 2.24) is 9.55 Å². The Hall–Kier alpha value is -0.550. The highest BCUT2D eigenvalue weighted by atomic mass is 127. The Morgan fingerprint density at radius 3 is 2.79 bits per heavy atom. The van der Waals surface area contributed by atoms with E-state index in [-0.39, 0.29) is 0 Å². The molecular formula is C10H8ClIN2. The Kier molecular flexibility index (Phi) is 3.08. The molecule has 0 bridgehead atoms. The van der Waals surface area contributed by atoms with Crippen LogP contribution < -0.4 is 0 Å². The first-order valence-corrected chi connectivity index (χ1v) is 5.63. The predicted octanol–water partition coefficient (Wildman–Crippen LogP) is 3.19. The zero-order chi connectivity index (χ0) is 9.97. The van der Waals surface area contributed by atoms with Crippen LogP contribution in [-0.2, 0) is 6.54 Å². The summed E-state index contributed by atoms with van der Waals surface area (Å²) in [6.07, 6.45) is 3.74. The van der Waals surface area contributed by atoms with Gasteiger partial charge in [0.25, 0.3) is 0 Å². The second kappa shape index (κ2) is 4.31. The SMILES string of the molecule is Clc1ccccc1Cn1ccnc1I. The number of imidazole rings is 1. The molecule has 0 saturated carbocycles. The average Bonchev–Trinajstić information content (AvgIpc) is 2.56. The lowest BCUT2D eigenvalue weighted by Gasteiger charge is -2.05. The molecule has 2 rings (SSSR count). The molecule has 0 fully saturated rings. The molecule has 0 atom stereocenters. The van der Waals surface area contributed by atoms with Crippen LogP contribution in [0.25, 0.3) is 0 Å². The molecule has 0 amide bonds. The first-order chi connectivity index (χ1) is 6.77. The molecule has 0 aliphatic rings. The molecule has 1 aromatic carbocycles. The van der Waals surface area contributed by atoms with Gasteiger partial charge in [-0.05, 0) is 34.2 Å². The van der Waals surface area contributed by atoms with Crippen LogP contribution in [0, 0.1) is 3.83 Å². The topological polar surface area (TPSA) is 17.8 Å². The molecule has 14 heavy (non-hydrogen) atoms. The Bertz CT molecular complexity index is 439. The maximum atomic E-state index is 6.06. The molecule has 0 saturated heterocycles. The van der Waals surface area contributed by atoms with Crippen molar-refractivity contribution in [2.75, 3.05) is 0 Å². The highest BCUT2D eigenvalue weighted by molar-refractivity contribution is 14.1. The minimum atomic E-state index is 0.776. The standard InChI is InChI=1S/C10H8ClIN2/c11-9-4-2-1-3-8(9)7-14-6-5-13-10(14)12/h1-6H,7H2. The van der Waals surface area contributed by atoms with E-state index in [0.29, 0.717) is 0 Å². The summed E-state index contributed by atoms with van der Waals surface area (Å²) in [7, 11) is 0. The second-order valence-corrected chi connectivity index (χ2v) is 4.29. The lowest BCUT2D eigenvalue weighted by Crippen LogP contribution is -2.00. The summed E-state index contributed by atoms with van der Waals surface area (Å²) < 4.78 is 3.03. The van der Waals surface area contributed by atoms with Crippen molar-refractivity contribution < 1.29 is 0 Å². The van der Waals surface area contributed by atoms with Crippen LogP contribution in [0.4, 0.5) is 0 Å². The summed E-state index contributed by atoms with van der Waals surface area (Å²) in [4.78, 5) is 4.15. The molecule has 1 aromatic heterocycles. The van der Waals surface area contributed by atoms with Crippen LogP contribution >= 0.6 is 34.2 Å². The van der Waals surface area contributed by atoms with Gasteiger partial charge in [0.1, 0.15) is 0 Å². The molecule has 0 aliphatic heterocycles. The third kappa shape index (κ3) is 2.09. The maximum absolute atomic E-state index is 6.06. The molecule has 1 heterocycles. The van der Waals surface area contributed by atoms with E-state index in [1.807, 2.05) is 30.5 Å². The molecule has 0 spiro atoms. The Morgan fingerprint density at radius 2 is 2.14 bits per heavy atom. The minimum absolute atomic E-state index is 0.776. The summed E-state index contributed by atoms with van der Waals surface area (Å²) in [5.41, 5.74) is 1.12. The third-order valence-electron chi connectivity index (χ3n) is 1.96. The van der Waals surface area contributed by atoms with E-state index in [4.69, 9.17) is 11.6 Å². The predicted molar refractivity (Wildman–Crippen MR) is 65.5 cm³/mol. The van der Waals surface area contributed by atoms with Crippen LogP contribution in [0.1, 0.15) is 5.56 Å². The van der Waals surface area contributed by atoms with Crippen molar-refractivity contribution in [3.63, 3.8) is 0 Å². The summed E-state index contributed by atoms with van der Waals surface area (Å²) in [5, 5.41) is 0.803. The van der Waals surface area contributed by atoms with Gasteiger partial charge in [0.05, 0.1) is 6.54 Å². The zero-order valence-corrected chi connectivity index (χ0v) is 10.2. The van der Waals surface area contributed by atoms with E-state index in [0.717, 1.165) is 21.0 Å². The number of benzene rings is 1. The second-order valence-electron chi connectivity index (χ2n) is 2.92. The van der Waals surface area contributed by atoms with E-state index >= 15 is 0 Å². The van der Waals surface area contributed by atoms with Gasteiger partial charge in [-0.25, -0.2) is 4.98 Å². The van der Waals surface area contributed by atoms with Crippen LogP contribution in [0.2, 0.25) is 5.02 Å². The third-order valence-corrected chi connectivity index (χ3v) is 3.23. The van der Waals surface area contributed by atoms with E-state index in [9.17, 15) is 0 Å². The first kappa shape index (κ1) is 9.98. The smallest absolute Gasteiger partial charge is 0.171 e. The van der Waals surface area contributed by atoms with Crippen LogP contribution in [0.15, 0.2) is 36.7 Å². The highest BCUT2D eigenvalue weighted by Gasteiger charge is 2.02. The van der Waals surface area contributed by atoms with Crippen LogP contribution in [0.3, 0.4) is 0 Å². The zero-order valence-electron chi connectivity index (χ0n) is 7.32. The van der Waals surface area contributed by atoms with E-state index in [2.05, 4.69) is 32.1 Å².